The lowest BCUT2D eigenvalue weighted by Crippen LogP contribution is -2.09. The summed E-state index contributed by atoms with van der Waals surface area (Å²) in [6.45, 7) is 2.72. The molecule has 0 aliphatic heterocycles. The van der Waals surface area contributed by atoms with E-state index in [1.807, 2.05) is 30.6 Å². The smallest absolute Gasteiger partial charge is 0.165 e. The molecule has 2 aromatic heterocycles. The van der Waals surface area contributed by atoms with Crippen molar-refractivity contribution in [3.8, 4) is 0 Å². The Balaban J connectivity index is 1.57. The Labute approximate surface area is 150 Å². The summed E-state index contributed by atoms with van der Waals surface area (Å²) >= 11 is 5.92. The largest absolute Gasteiger partial charge is 0.393 e. The highest BCUT2D eigenvalue weighted by atomic mass is 35.5. The number of aliphatic hydroxyl groups excluding tert-OH is 1. The van der Waals surface area contributed by atoms with Crippen molar-refractivity contribution in [1.82, 2.24) is 19.5 Å². The fraction of sp³-hybridized carbons (Fsp3) is 0.389. The molecular formula is C18H20ClN5O. The van der Waals surface area contributed by atoms with Crippen LogP contribution >= 0.6 is 11.6 Å². The normalized spacial score (nSPS) is 23.2. The number of hydrogen-bond acceptors (Lipinski definition) is 5. The summed E-state index contributed by atoms with van der Waals surface area (Å²) in [5.74, 6) is 1.01. The van der Waals surface area contributed by atoms with Crippen molar-refractivity contribution < 1.29 is 5.11 Å². The van der Waals surface area contributed by atoms with Crippen molar-refractivity contribution in [3.63, 3.8) is 0 Å². The van der Waals surface area contributed by atoms with Crippen molar-refractivity contribution >= 4 is 28.6 Å². The van der Waals surface area contributed by atoms with Crippen LogP contribution in [-0.2, 0) is 6.54 Å². The van der Waals surface area contributed by atoms with E-state index in [0.717, 1.165) is 34.6 Å². The lowest BCUT2D eigenvalue weighted by atomic mass is 10.1. The number of aliphatic hydroxyl groups is 1. The molecule has 6 nitrogen and oxygen atoms in total. The van der Waals surface area contributed by atoms with Crippen LogP contribution in [0.15, 0.2) is 36.9 Å². The number of anilines is 1. The third-order valence-electron chi connectivity index (χ3n) is 4.94. The van der Waals surface area contributed by atoms with Gasteiger partial charge in [0.2, 0.25) is 0 Å². The van der Waals surface area contributed by atoms with Crippen LogP contribution in [0.3, 0.4) is 0 Å². The minimum atomic E-state index is -0.258. The van der Waals surface area contributed by atoms with Crippen molar-refractivity contribution in [2.45, 2.75) is 38.5 Å². The first-order chi connectivity index (χ1) is 12.1. The van der Waals surface area contributed by atoms with Crippen molar-refractivity contribution in [2.75, 3.05) is 5.32 Å². The Hall–Kier alpha value is -2.18. The first kappa shape index (κ1) is 16.3. The molecule has 0 amide bonds. The van der Waals surface area contributed by atoms with E-state index >= 15 is 0 Å². The van der Waals surface area contributed by atoms with Gasteiger partial charge in [0.1, 0.15) is 11.8 Å². The van der Waals surface area contributed by atoms with Gasteiger partial charge in [-0.2, -0.15) is 0 Å². The molecule has 25 heavy (non-hydrogen) atoms. The Morgan fingerprint density at radius 1 is 1.20 bits per heavy atom. The number of rotatable bonds is 4. The molecule has 1 fully saturated rings. The Morgan fingerprint density at radius 3 is 2.72 bits per heavy atom. The second kappa shape index (κ2) is 6.61. The number of aromatic nitrogens is 4. The topological polar surface area (TPSA) is 75.9 Å². The first-order valence-corrected chi connectivity index (χ1v) is 8.83. The van der Waals surface area contributed by atoms with E-state index in [4.69, 9.17) is 11.6 Å². The summed E-state index contributed by atoms with van der Waals surface area (Å²) in [4.78, 5) is 13.3. The van der Waals surface area contributed by atoms with Crippen LogP contribution in [0.25, 0.3) is 11.2 Å². The minimum absolute atomic E-state index is 0.231. The molecular weight excluding hydrogens is 338 g/mol. The molecule has 0 radical (unpaired) electrons. The summed E-state index contributed by atoms with van der Waals surface area (Å²) in [5.41, 5.74) is 2.67. The summed E-state index contributed by atoms with van der Waals surface area (Å²) < 4.78 is 2.07. The molecule has 3 aromatic rings. The average Bonchev–Trinajstić information content (AvgIpc) is 3.18. The minimum Gasteiger partial charge on any atom is -0.393 e. The number of benzene rings is 1. The highest BCUT2D eigenvalue weighted by Gasteiger charge is 2.32. The summed E-state index contributed by atoms with van der Waals surface area (Å²) in [7, 11) is 0. The zero-order chi connectivity index (χ0) is 17.4. The molecule has 0 unspecified atom stereocenters. The number of hydrogen-bond donors (Lipinski definition) is 2. The molecule has 0 saturated heterocycles. The van der Waals surface area contributed by atoms with Gasteiger partial charge in [0.05, 0.1) is 12.4 Å². The van der Waals surface area contributed by atoms with Crippen LogP contribution in [0, 0.1) is 5.92 Å². The van der Waals surface area contributed by atoms with Crippen LogP contribution in [-0.4, -0.2) is 30.7 Å². The average molecular weight is 358 g/mol. The maximum atomic E-state index is 10.0. The molecule has 0 spiro atoms. The lowest BCUT2D eigenvalue weighted by molar-refractivity contribution is 0.139. The Bertz CT molecular complexity index is 869. The lowest BCUT2D eigenvalue weighted by Gasteiger charge is -2.12. The predicted molar refractivity (Wildman–Crippen MR) is 97.5 cm³/mol. The monoisotopic (exact) mass is 357 g/mol. The third kappa shape index (κ3) is 3.19. The SMILES string of the molecule is C[C@@H]1C[C@@H](n2cnc3c(NCc4ccc(Cl)cc4)ncnc32)C[C@@H]1O. The molecule has 0 bridgehead atoms. The Morgan fingerprint density at radius 2 is 2.00 bits per heavy atom. The fourth-order valence-electron chi connectivity index (χ4n) is 3.46. The van der Waals surface area contributed by atoms with Crippen LogP contribution in [0.5, 0.6) is 0 Å². The maximum absolute atomic E-state index is 10.0. The van der Waals surface area contributed by atoms with Gasteiger partial charge >= 0.3 is 0 Å². The van der Waals surface area contributed by atoms with E-state index in [1.165, 1.54) is 0 Å². The van der Waals surface area contributed by atoms with Gasteiger partial charge in [-0.1, -0.05) is 30.7 Å². The van der Waals surface area contributed by atoms with E-state index in [1.54, 1.807) is 6.33 Å². The van der Waals surface area contributed by atoms with Gasteiger partial charge in [-0.25, -0.2) is 15.0 Å². The maximum Gasteiger partial charge on any atom is 0.165 e. The number of nitrogens with one attached hydrogen (secondary N) is 1. The standard InChI is InChI=1S/C18H20ClN5O/c1-11-6-14(7-15(11)25)24-10-23-16-17(21-9-22-18(16)24)20-8-12-2-4-13(19)5-3-12/h2-5,9-11,14-15,25H,6-8H2,1H3,(H,20,21,22)/t11-,14-,15+/m1/s1. The summed E-state index contributed by atoms with van der Waals surface area (Å²) in [6, 6.07) is 7.93. The van der Waals surface area contributed by atoms with Gasteiger partial charge in [0.25, 0.3) is 0 Å². The number of halogens is 1. The molecule has 1 aliphatic carbocycles. The molecule has 130 valence electrons. The number of fused-ring (bicyclic) bond motifs is 1. The predicted octanol–water partition coefficient (Wildman–Crippen LogP) is 3.42. The first-order valence-electron chi connectivity index (χ1n) is 8.45. The summed E-state index contributed by atoms with van der Waals surface area (Å²) in [5, 5.41) is 14.1. The molecule has 1 aliphatic rings. The van der Waals surface area contributed by atoms with Gasteiger partial charge in [-0.15, -0.1) is 0 Å². The third-order valence-corrected chi connectivity index (χ3v) is 5.19. The van der Waals surface area contributed by atoms with Gasteiger partial charge in [-0.3, -0.25) is 0 Å². The van der Waals surface area contributed by atoms with Crippen LogP contribution in [0.4, 0.5) is 5.82 Å². The van der Waals surface area contributed by atoms with E-state index in [-0.39, 0.29) is 12.1 Å². The van der Waals surface area contributed by atoms with Crippen LogP contribution in [0.1, 0.15) is 31.4 Å². The van der Waals surface area contributed by atoms with Crippen LogP contribution in [0.2, 0.25) is 5.02 Å². The quantitative estimate of drug-likeness (QED) is 0.748. The highest BCUT2D eigenvalue weighted by molar-refractivity contribution is 6.30. The molecule has 1 saturated carbocycles. The second-order valence-electron chi connectivity index (χ2n) is 6.70. The zero-order valence-electron chi connectivity index (χ0n) is 13.9. The number of nitrogens with zero attached hydrogens (tertiary/aromatic N) is 4. The zero-order valence-corrected chi connectivity index (χ0v) is 14.7. The molecule has 3 atom stereocenters. The molecule has 2 N–H and O–H groups in total. The van der Waals surface area contributed by atoms with Crippen LogP contribution < -0.4 is 5.32 Å². The van der Waals surface area contributed by atoms with E-state index in [9.17, 15) is 5.11 Å². The van der Waals surface area contributed by atoms with Gasteiger partial charge in [0, 0.05) is 17.6 Å². The van der Waals surface area contributed by atoms with Crippen molar-refractivity contribution in [1.29, 1.82) is 0 Å². The molecule has 2 heterocycles. The van der Waals surface area contributed by atoms with E-state index < -0.39 is 0 Å². The highest BCUT2D eigenvalue weighted by Crippen LogP contribution is 2.36. The molecule has 7 heteroatoms. The van der Waals surface area contributed by atoms with E-state index in [2.05, 4.69) is 31.8 Å². The molecule has 1 aromatic carbocycles. The van der Waals surface area contributed by atoms with Gasteiger partial charge < -0.3 is 15.0 Å². The molecule has 4 rings (SSSR count). The number of imidazole rings is 1. The van der Waals surface area contributed by atoms with Crippen molar-refractivity contribution in [2.24, 2.45) is 5.92 Å². The van der Waals surface area contributed by atoms with Gasteiger partial charge in [-0.05, 0) is 36.5 Å². The second-order valence-corrected chi connectivity index (χ2v) is 7.13. The van der Waals surface area contributed by atoms with E-state index in [0.29, 0.717) is 18.3 Å². The Kier molecular flexibility index (Phi) is 4.31. The fourth-order valence-corrected chi connectivity index (χ4v) is 3.58. The van der Waals surface area contributed by atoms with Crippen molar-refractivity contribution in [3.05, 3.63) is 47.5 Å². The van der Waals surface area contributed by atoms with Gasteiger partial charge in [0.15, 0.2) is 11.5 Å². The summed E-state index contributed by atoms with van der Waals surface area (Å²) in [6.07, 6.45) is 4.78.